The highest BCUT2D eigenvalue weighted by atomic mass is 35.5. The van der Waals surface area contributed by atoms with Crippen molar-refractivity contribution in [1.29, 1.82) is 0 Å². The zero-order chi connectivity index (χ0) is 22.2. The molecule has 0 bridgehead atoms. The standard InChI is InChI=1S/C19H20Cl2O6S2/c1-19(2,3)11-27-29(25,26)17-10-13(28(4,23)24)6-7-14(17)18(22)15-9-12(20)5-8-16(15)21/h5-10H,11H2,1-4H3. The lowest BCUT2D eigenvalue weighted by Crippen LogP contribution is -2.21. The molecule has 6 nitrogen and oxygen atoms in total. The fourth-order valence-corrected chi connectivity index (χ4v) is 4.70. The second kappa shape index (κ2) is 8.35. The molecule has 0 amide bonds. The predicted molar refractivity (Wildman–Crippen MR) is 112 cm³/mol. The largest absolute Gasteiger partial charge is 0.297 e. The zero-order valence-electron chi connectivity index (χ0n) is 16.2. The minimum atomic E-state index is -4.44. The van der Waals surface area contributed by atoms with Gasteiger partial charge in [-0.05, 0) is 41.8 Å². The molecule has 2 rings (SSSR count). The van der Waals surface area contributed by atoms with Gasteiger partial charge in [-0.2, -0.15) is 8.42 Å². The van der Waals surface area contributed by atoms with E-state index in [4.69, 9.17) is 27.4 Å². The Hall–Kier alpha value is -1.45. The van der Waals surface area contributed by atoms with Gasteiger partial charge in [0.15, 0.2) is 15.6 Å². The third-order valence-corrected chi connectivity index (χ3v) is 6.69. The lowest BCUT2D eigenvalue weighted by atomic mass is 9.99. The molecule has 0 fully saturated rings. The number of rotatable bonds is 6. The fourth-order valence-electron chi connectivity index (χ4n) is 2.26. The average molecular weight is 479 g/mol. The maximum atomic E-state index is 13.0. The number of carbonyl (C=O) groups excluding carboxylic acids is 1. The molecular weight excluding hydrogens is 459 g/mol. The van der Waals surface area contributed by atoms with Gasteiger partial charge in [-0.1, -0.05) is 44.0 Å². The van der Waals surface area contributed by atoms with E-state index in [-0.39, 0.29) is 32.7 Å². The second-order valence-electron chi connectivity index (χ2n) is 7.66. The highest BCUT2D eigenvalue weighted by Gasteiger charge is 2.28. The third-order valence-electron chi connectivity index (χ3n) is 3.72. The molecule has 0 aromatic heterocycles. The van der Waals surface area contributed by atoms with Crippen molar-refractivity contribution in [2.24, 2.45) is 5.41 Å². The van der Waals surface area contributed by atoms with E-state index in [0.717, 1.165) is 24.5 Å². The summed E-state index contributed by atoms with van der Waals surface area (Å²) in [4.78, 5) is 12.2. The SMILES string of the molecule is CC(C)(C)COS(=O)(=O)c1cc(S(C)(=O)=O)ccc1C(=O)c1cc(Cl)ccc1Cl. The summed E-state index contributed by atoms with van der Waals surface area (Å²) in [5.41, 5.74) is -0.767. The smallest absolute Gasteiger partial charge is 0.289 e. The lowest BCUT2D eigenvalue weighted by Gasteiger charge is -2.19. The molecule has 0 heterocycles. The molecule has 10 heteroatoms. The predicted octanol–water partition coefficient (Wildman–Crippen LogP) is 4.38. The Morgan fingerprint density at radius 3 is 2.14 bits per heavy atom. The van der Waals surface area contributed by atoms with Crippen LogP contribution in [0.4, 0.5) is 0 Å². The summed E-state index contributed by atoms with van der Waals surface area (Å²) in [6, 6.07) is 7.40. The average Bonchev–Trinajstić information content (AvgIpc) is 2.60. The lowest BCUT2D eigenvalue weighted by molar-refractivity contribution is 0.103. The van der Waals surface area contributed by atoms with Crippen LogP contribution in [0.3, 0.4) is 0 Å². The van der Waals surface area contributed by atoms with Gasteiger partial charge in [0.05, 0.1) is 16.5 Å². The molecule has 0 aliphatic heterocycles. The van der Waals surface area contributed by atoms with Crippen molar-refractivity contribution in [3.8, 4) is 0 Å². The molecule has 2 aromatic rings. The molecule has 0 aliphatic carbocycles. The van der Waals surface area contributed by atoms with Gasteiger partial charge in [0.2, 0.25) is 0 Å². The second-order valence-corrected chi connectivity index (χ2v) is 12.1. The molecule has 0 N–H and O–H groups in total. The van der Waals surface area contributed by atoms with Gasteiger partial charge in [-0.25, -0.2) is 8.42 Å². The van der Waals surface area contributed by atoms with Gasteiger partial charge in [-0.3, -0.25) is 8.98 Å². The maximum absolute atomic E-state index is 13.0. The van der Waals surface area contributed by atoms with Crippen molar-refractivity contribution in [2.45, 2.75) is 30.6 Å². The first-order valence-electron chi connectivity index (χ1n) is 8.35. The quantitative estimate of drug-likeness (QED) is 0.451. The molecule has 0 saturated carbocycles. The first kappa shape index (κ1) is 23.8. The van der Waals surface area contributed by atoms with E-state index < -0.39 is 36.0 Å². The van der Waals surface area contributed by atoms with Crippen LogP contribution in [-0.4, -0.2) is 35.5 Å². The molecule has 0 saturated heterocycles. The Labute approximate surface area is 180 Å². The van der Waals surface area contributed by atoms with E-state index in [1.54, 1.807) is 20.8 Å². The number of halogens is 2. The molecular formula is C19H20Cl2O6S2. The zero-order valence-corrected chi connectivity index (χ0v) is 19.3. The van der Waals surface area contributed by atoms with E-state index in [1.807, 2.05) is 0 Å². The van der Waals surface area contributed by atoms with E-state index in [9.17, 15) is 21.6 Å². The van der Waals surface area contributed by atoms with Crippen LogP contribution in [0.25, 0.3) is 0 Å². The number of carbonyl (C=O) groups is 1. The topological polar surface area (TPSA) is 94.6 Å². The normalized spacial score (nSPS) is 12.8. The van der Waals surface area contributed by atoms with Gasteiger partial charge in [-0.15, -0.1) is 0 Å². The van der Waals surface area contributed by atoms with Crippen molar-refractivity contribution in [3.63, 3.8) is 0 Å². The molecule has 0 radical (unpaired) electrons. The number of ketones is 1. The molecule has 0 unspecified atom stereocenters. The molecule has 0 atom stereocenters. The number of benzene rings is 2. The Balaban J connectivity index is 2.69. The molecule has 2 aromatic carbocycles. The van der Waals surface area contributed by atoms with Gasteiger partial charge < -0.3 is 0 Å². The number of sulfone groups is 1. The minimum absolute atomic E-state index is 0.0152. The van der Waals surface area contributed by atoms with Gasteiger partial charge in [0.25, 0.3) is 10.1 Å². The Morgan fingerprint density at radius 1 is 0.966 bits per heavy atom. The van der Waals surface area contributed by atoms with Crippen molar-refractivity contribution in [1.82, 2.24) is 0 Å². The van der Waals surface area contributed by atoms with E-state index in [0.29, 0.717) is 0 Å². The van der Waals surface area contributed by atoms with Crippen molar-refractivity contribution >= 4 is 48.9 Å². The summed E-state index contributed by atoms with van der Waals surface area (Å²) in [7, 11) is -8.17. The van der Waals surface area contributed by atoms with Crippen molar-refractivity contribution < 1.29 is 25.8 Å². The van der Waals surface area contributed by atoms with Crippen LogP contribution in [0, 0.1) is 5.41 Å². The Bertz CT molecular complexity index is 1160. The summed E-state index contributed by atoms with van der Waals surface area (Å²) in [5.74, 6) is -0.726. The van der Waals surface area contributed by atoms with Crippen LogP contribution in [0.1, 0.15) is 36.7 Å². The minimum Gasteiger partial charge on any atom is -0.289 e. The van der Waals surface area contributed by atoms with Crippen molar-refractivity contribution in [2.75, 3.05) is 12.9 Å². The van der Waals surface area contributed by atoms with Gasteiger partial charge in [0, 0.05) is 22.4 Å². The van der Waals surface area contributed by atoms with Crippen LogP contribution in [0.5, 0.6) is 0 Å². The van der Waals surface area contributed by atoms with E-state index >= 15 is 0 Å². The summed E-state index contributed by atoms with van der Waals surface area (Å²) >= 11 is 12.0. The highest BCUT2D eigenvalue weighted by molar-refractivity contribution is 7.90. The summed E-state index contributed by atoms with van der Waals surface area (Å²) in [6.07, 6.45) is 0.935. The Kier molecular flexibility index (Phi) is 6.86. The molecule has 0 aliphatic rings. The number of hydrogen-bond donors (Lipinski definition) is 0. The van der Waals surface area contributed by atoms with Gasteiger partial charge >= 0.3 is 0 Å². The van der Waals surface area contributed by atoms with Crippen LogP contribution < -0.4 is 0 Å². The monoisotopic (exact) mass is 478 g/mol. The summed E-state index contributed by atoms with van der Waals surface area (Å²) < 4.78 is 54.6. The van der Waals surface area contributed by atoms with Crippen LogP contribution >= 0.6 is 23.2 Å². The molecule has 0 spiro atoms. The molecule has 29 heavy (non-hydrogen) atoms. The first-order chi connectivity index (χ1) is 13.1. The highest BCUT2D eigenvalue weighted by Crippen LogP contribution is 2.29. The Morgan fingerprint density at radius 2 is 1.59 bits per heavy atom. The summed E-state index contributed by atoms with van der Waals surface area (Å²) in [5, 5.41) is 0.310. The molecule has 158 valence electrons. The van der Waals surface area contributed by atoms with Crippen molar-refractivity contribution in [3.05, 3.63) is 57.6 Å². The third kappa shape index (κ3) is 6.02. The van der Waals surface area contributed by atoms with E-state index in [1.165, 1.54) is 18.2 Å². The maximum Gasteiger partial charge on any atom is 0.297 e. The van der Waals surface area contributed by atoms with Crippen LogP contribution in [0.2, 0.25) is 10.0 Å². The van der Waals surface area contributed by atoms with E-state index in [2.05, 4.69) is 0 Å². The summed E-state index contributed by atoms with van der Waals surface area (Å²) in [6.45, 7) is 5.15. The van der Waals surface area contributed by atoms with Crippen LogP contribution in [0.15, 0.2) is 46.2 Å². The number of hydrogen-bond acceptors (Lipinski definition) is 6. The van der Waals surface area contributed by atoms with Gasteiger partial charge in [0.1, 0.15) is 4.90 Å². The fraction of sp³-hybridized carbons (Fsp3) is 0.316. The first-order valence-corrected chi connectivity index (χ1v) is 12.4. The van der Waals surface area contributed by atoms with Crippen LogP contribution in [-0.2, 0) is 24.1 Å².